The number of carbonyl (C=O) groups excluding carboxylic acids is 1. The fraction of sp³-hybridized carbons (Fsp3) is 0.556. The molecule has 2 aliphatic heterocycles. The summed E-state index contributed by atoms with van der Waals surface area (Å²) in [6.45, 7) is 2.77. The molecule has 2 aliphatic rings. The lowest BCUT2D eigenvalue weighted by molar-refractivity contribution is 0.0749. The molecule has 0 aromatic heterocycles. The Hall–Kier alpha value is -1.86. The zero-order valence-electron chi connectivity index (χ0n) is 13.2. The lowest BCUT2D eigenvalue weighted by Gasteiger charge is -2.35. The number of nitriles is 1. The van der Waals surface area contributed by atoms with Crippen LogP contribution < -0.4 is 0 Å². The standard InChI is InChI=1S/C18H23N3O/c1-20-11-4-8-18(20)9-5-12-21(13-10-18)17(22)16-7-3-2-6-15(16)14-19/h2-3,6-7H,4-5,8-13H2,1H3. The third-order valence-corrected chi connectivity index (χ3v) is 5.43. The Kier molecular flexibility index (Phi) is 4.17. The molecule has 0 saturated carbocycles. The van der Waals surface area contributed by atoms with E-state index in [1.165, 1.54) is 25.8 Å². The maximum Gasteiger partial charge on any atom is 0.255 e. The van der Waals surface area contributed by atoms with Crippen LogP contribution >= 0.6 is 0 Å². The monoisotopic (exact) mass is 297 g/mol. The number of likely N-dealkylation sites (tertiary alicyclic amines) is 2. The number of rotatable bonds is 1. The van der Waals surface area contributed by atoms with Crippen LogP contribution in [0.25, 0.3) is 0 Å². The van der Waals surface area contributed by atoms with Gasteiger partial charge in [0.15, 0.2) is 0 Å². The van der Waals surface area contributed by atoms with Gasteiger partial charge in [0.05, 0.1) is 17.2 Å². The van der Waals surface area contributed by atoms with Gasteiger partial charge in [-0.1, -0.05) is 12.1 Å². The Balaban J connectivity index is 1.76. The van der Waals surface area contributed by atoms with Gasteiger partial charge in [0.2, 0.25) is 0 Å². The molecule has 2 saturated heterocycles. The summed E-state index contributed by atoms with van der Waals surface area (Å²) >= 11 is 0. The summed E-state index contributed by atoms with van der Waals surface area (Å²) in [6.07, 6.45) is 5.78. The van der Waals surface area contributed by atoms with Gasteiger partial charge in [-0.25, -0.2) is 0 Å². The normalized spacial score (nSPS) is 25.9. The predicted molar refractivity (Wildman–Crippen MR) is 85.5 cm³/mol. The van der Waals surface area contributed by atoms with Crippen LogP contribution in [0.1, 0.15) is 48.0 Å². The fourth-order valence-corrected chi connectivity index (χ4v) is 4.02. The largest absolute Gasteiger partial charge is 0.339 e. The first-order valence-electron chi connectivity index (χ1n) is 8.16. The molecule has 116 valence electrons. The van der Waals surface area contributed by atoms with Crippen LogP contribution in [0.4, 0.5) is 0 Å². The molecule has 0 aliphatic carbocycles. The van der Waals surface area contributed by atoms with E-state index in [0.717, 1.165) is 25.9 Å². The molecule has 0 radical (unpaired) electrons. The highest BCUT2D eigenvalue weighted by Crippen LogP contribution is 2.37. The van der Waals surface area contributed by atoms with Crippen molar-refractivity contribution in [3.8, 4) is 6.07 Å². The minimum absolute atomic E-state index is 0.00912. The number of carbonyl (C=O) groups is 1. The Morgan fingerprint density at radius 3 is 2.55 bits per heavy atom. The van der Waals surface area contributed by atoms with Crippen LogP contribution in [0.2, 0.25) is 0 Å². The van der Waals surface area contributed by atoms with Crippen molar-refractivity contribution in [2.45, 2.75) is 37.6 Å². The molecule has 1 aromatic carbocycles. The van der Waals surface area contributed by atoms with E-state index in [4.69, 9.17) is 0 Å². The molecule has 1 atom stereocenters. The number of hydrogen-bond acceptors (Lipinski definition) is 3. The lowest BCUT2D eigenvalue weighted by Crippen LogP contribution is -2.42. The summed E-state index contributed by atoms with van der Waals surface area (Å²) in [4.78, 5) is 17.2. The molecule has 1 aromatic rings. The van der Waals surface area contributed by atoms with Gasteiger partial charge in [-0.05, 0) is 57.8 Å². The van der Waals surface area contributed by atoms with E-state index in [9.17, 15) is 10.1 Å². The molecule has 1 amide bonds. The van der Waals surface area contributed by atoms with Crippen LogP contribution in [0.15, 0.2) is 24.3 Å². The predicted octanol–water partition coefficient (Wildman–Crippen LogP) is 2.65. The second kappa shape index (κ2) is 6.10. The van der Waals surface area contributed by atoms with Crippen LogP contribution in [0, 0.1) is 11.3 Å². The van der Waals surface area contributed by atoms with E-state index in [0.29, 0.717) is 16.7 Å². The molecule has 3 rings (SSSR count). The fourth-order valence-electron chi connectivity index (χ4n) is 4.02. The molecule has 2 fully saturated rings. The summed E-state index contributed by atoms with van der Waals surface area (Å²) in [6, 6.07) is 9.26. The van der Waals surface area contributed by atoms with Gasteiger partial charge in [0, 0.05) is 18.6 Å². The third-order valence-electron chi connectivity index (χ3n) is 5.43. The van der Waals surface area contributed by atoms with Crippen molar-refractivity contribution in [1.29, 1.82) is 5.26 Å². The molecule has 1 unspecified atom stereocenters. The van der Waals surface area contributed by atoms with Crippen molar-refractivity contribution in [3.05, 3.63) is 35.4 Å². The van der Waals surface area contributed by atoms with Crippen molar-refractivity contribution < 1.29 is 4.79 Å². The minimum Gasteiger partial charge on any atom is -0.339 e. The first-order valence-corrected chi connectivity index (χ1v) is 8.16. The highest BCUT2D eigenvalue weighted by molar-refractivity contribution is 5.96. The van der Waals surface area contributed by atoms with E-state index in [2.05, 4.69) is 18.0 Å². The summed E-state index contributed by atoms with van der Waals surface area (Å²) in [5.41, 5.74) is 1.31. The summed E-state index contributed by atoms with van der Waals surface area (Å²) in [5.74, 6) is 0.00912. The Morgan fingerprint density at radius 1 is 1.14 bits per heavy atom. The van der Waals surface area contributed by atoms with Gasteiger partial charge in [-0.3, -0.25) is 4.79 Å². The maximum absolute atomic E-state index is 12.8. The van der Waals surface area contributed by atoms with E-state index in [-0.39, 0.29) is 5.91 Å². The molecule has 0 bridgehead atoms. The number of amides is 1. The van der Waals surface area contributed by atoms with Gasteiger partial charge in [0.1, 0.15) is 0 Å². The third kappa shape index (κ3) is 2.62. The highest BCUT2D eigenvalue weighted by Gasteiger charge is 2.40. The topological polar surface area (TPSA) is 47.3 Å². The van der Waals surface area contributed by atoms with Crippen molar-refractivity contribution in [2.75, 3.05) is 26.7 Å². The lowest BCUT2D eigenvalue weighted by atomic mass is 9.88. The summed E-state index contributed by atoms with van der Waals surface area (Å²) in [5, 5.41) is 9.20. The molecular weight excluding hydrogens is 274 g/mol. The molecule has 4 heteroatoms. The van der Waals surface area contributed by atoms with Gasteiger partial charge in [-0.15, -0.1) is 0 Å². The van der Waals surface area contributed by atoms with E-state index < -0.39 is 0 Å². The second-order valence-electron chi connectivity index (χ2n) is 6.55. The highest BCUT2D eigenvalue weighted by atomic mass is 16.2. The van der Waals surface area contributed by atoms with Gasteiger partial charge >= 0.3 is 0 Å². The van der Waals surface area contributed by atoms with E-state index >= 15 is 0 Å². The zero-order valence-corrected chi connectivity index (χ0v) is 13.2. The first-order chi connectivity index (χ1) is 10.7. The number of hydrogen-bond donors (Lipinski definition) is 0. The van der Waals surface area contributed by atoms with Gasteiger partial charge < -0.3 is 9.80 Å². The van der Waals surface area contributed by atoms with E-state index in [1.54, 1.807) is 18.2 Å². The quantitative estimate of drug-likeness (QED) is 0.800. The Labute approximate surface area is 132 Å². The van der Waals surface area contributed by atoms with Crippen molar-refractivity contribution in [3.63, 3.8) is 0 Å². The molecule has 1 spiro atoms. The number of benzene rings is 1. The van der Waals surface area contributed by atoms with Crippen molar-refractivity contribution in [1.82, 2.24) is 9.80 Å². The Bertz CT molecular complexity index is 607. The average molecular weight is 297 g/mol. The van der Waals surface area contributed by atoms with Gasteiger partial charge in [0.25, 0.3) is 5.91 Å². The Morgan fingerprint density at radius 2 is 1.86 bits per heavy atom. The average Bonchev–Trinajstić information content (AvgIpc) is 2.77. The van der Waals surface area contributed by atoms with Crippen LogP contribution in [-0.4, -0.2) is 47.9 Å². The maximum atomic E-state index is 12.8. The summed E-state index contributed by atoms with van der Waals surface area (Å²) < 4.78 is 0. The number of nitrogens with zero attached hydrogens (tertiary/aromatic N) is 3. The minimum atomic E-state index is 0.00912. The summed E-state index contributed by atoms with van der Waals surface area (Å²) in [7, 11) is 2.22. The molecule has 4 nitrogen and oxygen atoms in total. The van der Waals surface area contributed by atoms with Crippen molar-refractivity contribution in [2.24, 2.45) is 0 Å². The van der Waals surface area contributed by atoms with Crippen LogP contribution in [0.5, 0.6) is 0 Å². The van der Waals surface area contributed by atoms with Crippen LogP contribution in [0.3, 0.4) is 0 Å². The zero-order chi connectivity index (χ0) is 15.6. The van der Waals surface area contributed by atoms with Crippen molar-refractivity contribution >= 4 is 5.91 Å². The molecule has 0 N–H and O–H groups in total. The SMILES string of the molecule is CN1CCCC12CCCN(C(=O)c1ccccc1C#N)CC2. The second-order valence-corrected chi connectivity index (χ2v) is 6.55. The molecular formula is C18H23N3O. The van der Waals surface area contributed by atoms with Gasteiger partial charge in [-0.2, -0.15) is 5.26 Å². The van der Waals surface area contributed by atoms with Crippen LogP contribution in [-0.2, 0) is 0 Å². The first kappa shape index (κ1) is 15.1. The smallest absolute Gasteiger partial charge is 0.255 e. The molecule has 2 heterocycles. The molecule has 22 heavy (non-hydrogen) atoms. The van der Waals surface area contributed by atoms with E-state index in [1.807, 2.05) is 11.0 Å².